The predicted octanol–water partition coefficient (Wildman–Crippen LogP) is -0.556. The van der Waals surface area contributed by atoms with E-state index in [4.69, 9.17) is 4.74 Å². The average molecular weight is 269 g/mol. The number of nitrogens with zero attached hydrogens (tertiary/aromatic N) is 2. The second-order valence-electron chi connectivity index (χ2n) is 5.24. The zero-order valence-electron chi connectivity index (χ0n) is 11.7. The van der Waals surface area contributed by atoms with Gasteiger partial charge in [0.2, 0.25) is 0 Å². The largest absolute Gasteiger partial charge is 0.376 e. The number of likely N-dealkylation sites (N-methyl/N-ethyl adjacent to an activating group) is 1. The lowest BCUT2D eigenvalue weighted by atomic mass is 10.1. The molecular formula is C13H23N3O3. The van der Waals surface area contributed by atoms with Crippen molar-refractivity contribution in [3.05, 3.63) is 0 Å². The molecule has 0 saturated carbocycles. The number of rotatable bonds is 1. The van der Waals surface area contributed by atoms with Gasteiger partial charge in [-0.2, -0.15) is 0 Å². The topological polar surface area (TPSA) is 61.9 Å². The Balaban J connectivity index is 1.95. The summed E-state index contributed by atoms with van der Waals surface area (Å²) in [7, 11) is 1.70. The molecule has 2 unspecified atom stereocenters. The van der Waals surface area contributed by atoms with Crippen molar-refractivity contribution in [3.8, 4) is 0 Å². The zero-order chi connectivity index (χ0) is 13.8. The molecule has 2 fully saturated rings. The smallest absolute Gasteiger partial charge is 0.312 e. The monoisotopic (exact) mass is 269 g/mol. The number of nitrogens with one attached hydrogen (secondary N) is 1. The summed E-state index contributed by atoms with van der Waals surface area (Å²) in [5.74, 6) is -0.797. The molecule has 2 aliphatic heterocycles. The van der Waals surface area contributed by atoms with Gasteiger partial charge in [0.05, 0.1) is 12.1 Å². The van der Waals surface area contributed by atoms with E-state index in [0.29, 0.717) is 19.7 Å². The molecule has 2 amide bonds. The van der Waals surface area contributed by atoms with Crippen LogP contribution in [0.3, 0.4) is 0 Å². The van der Waals surface area contributed by atoms with Gasteiger partial charge in [-0.05, 0) is 26.3 Å². The van der Waals surface area contributed by atoms with Gasteiger partial charge in [0.15, 0.2) is 0 Å². The first-order valence-electron chi connectivity index (χ1n) is 6.99. The van der Waals surface area contributed by atoms with Crippen molar-refractivity contribution < 1.29 is 14.3 Å². The van der Waals surface area contributed by atoms with Crippen molar-refractivity contribution in [1.29, 1.82) is 0 Å². The maximum Gasteiger partial charge on any atom is 0.312 e. The number of carbonyl (C=O) groups is 2. The van der Waals surface area contributed by atoms with Crippen LogP contribution in [-0.2, 0) is 14.3 Å². The van der Waals surface area contributed by atoms with Crippen LogP contribution in [0.25, 0.3) is 0 Å². The molecule has 2 rings (SSSR count). The van der Waals surface area contributed by atoms with Gasteiger partial charge in [-0.15, -0.1) is 0 Å². The van der Waals surface area contributed by atoms with E-state index in [1.807, 2.05) is 6.92 Å². The van der Waals surface area contributed by atoms with Crippen molar-refractivity contribution in [2.45, 2.75) is 31.9 Å². The quantitative estimate of drug-likeness (QED) is 0.649. The van der Waals surface area contributed by atoms with E-state index >= 15 is 0 Å². The van der Waals surface area contributed by atoms with E-state index in [2.05, 4.69) is 5.32 Å². The summed E-state index contributed by atoms with van der Waals surface area (Å²) in [6.45, 7) is 5.53. The van der Waals surface area contributed by atoms with Gasteiger partial charge in [0, 0.05) is 33.3 Å². The molecule has 0 aromatic heterocycles. The van der Waals surface area contributed by atoms with Crippen LogP contribution >= 0.6 is 0 Å². The first-order chi connectivity index (χ1) is 9.11. The van der Waals surface area contributed by atoms with Gasteiger partial charge in [-0.25, -0.2) is 0 Å². The van der Waals surface area contributed by atoms with Gasteiger partial charge in [-0.3, -0.25) is 9.59 Å². The van der Waals surface area contributed by atoms with Crippen LogP contribution in [0.15, 0.2) is 0 Å². The van der Waals surface area contributed by atoms with Crippen molar-refractivity contribution in [2.75, 3.05) is 39.8 Å². The molecule has 19 heavy (non-hydrogen) atoms. The molecule has 0 spiro atoms. The van der Waals surface area contributed by atoms with Gasteiger partial charge in [0.25, 0.3) is 0 Å². The Kier molecular flexibility index (Phi) is 4.76. The molecule has 6 heteroatoms. The van der Waals surface area contributed by atoms with Crippen LogP contribution in [0.2, 0.25) is 0 Å². The standard InChI is InChI=1S/C13H23N3O3/c1-10-11(4-9-19-10)15(2)12(17)13(18)16-7-3-5-14-6-8-16/h10-11,14H,3-9H2,1-2H3. The summed E-state index contributed by atoms with van der Waals surface area (Å²) >= 11 is 0. The summed E-state index contributed by atoms with van der Waals surface area (Å²) < 4.78 is 5.45. The highest BCUT2D eigenvalue weighted by Gasteiger charge is 2.34. The SMILES string of the molecule is CC1OCCC1N(C)C(=O)C(=O)N1CCCNCC1. The number of amides is 2. The molecule has 2 saturated heterocycles. The highest BCUT2D eigenvalue weighted by atomic mass is 16.5. The molecule has 0 aliphatic carbocycles. The van der Waals surface area contributed by atoms with E-state index in [1.165, 1.54) is 0 Å². The van der Waals surface area contributed by atoms with E-state index in [0.717, 1.165) is 25.9 Å². The highest BCUT2D eigenvalue weighted by Crippen LogP contribution is 2.18. The second-order valence-corrected chi connectivity index (χ2v) is 5.24. The normalized spacial score (nSPS) is 28.0. The minimum absolute atomic E-state index is 0.00699. The van der Waals surface area contributed by atoms with E-state index in [1.54, 1.807) is 16.8 Å². The molecule has 2 atom stereocenters. The Morgan fingerprint density at radius 2 is 2.11 bits per heavy atom. The third kappa shape index (κ3) is 3.25. The number of carbonyl (C=O) groups excluding carboxylic acids is 2. The maximum absolute atomic E-state index is 12.2. The number of hydrogen-bond donors (Lipinski definition) is 1. The van der Waals surface area contributed by atoms with Crippen LogP contribution < -0.4 is 5.32 Å². The van der Waals surface area contributed by atoms with Crippen LogP contribution in [0.4, 0.5) is 0 Å². The number of ether oxygens (including phenoxy) is 1. The molecule has 2 aliphatic rings. The van der Waals surface area contributed by atoms with Crippen LogP contribution in [0.1, 0.15) is 19.8 Å². The molecule has 0 radical (unpaired) electrons. The Labute approximate surface area is 114 Å². The van der Waals surface area contributed by atoms with Crippen molar-refractivity contribution in [3.63, 3.8) is 0 Å². The first kappa shape index (κ1) is 14.3. The molecule has 1 N–H and O–H groups in total. The zero-order valence-corrected chi connectivity index (χ0v) is 11.7. The van der Waals surface area contributed by atoms with Crippen LogP contribution in [0, 0.1) is 0 Å². The van der Waals surface area contributed by atoms with Gasteiger partial charge < -0.3 is 19.9 Å². The summed E-state index contributed by atoms with van der Waals surface area (Å²) in [6.07, 6.45) is 1.71. The maximum atomic E-state index is 12.2. The number of hydrogen-bond acceptors (Lipinski definition) is 4. The fourth-order valence-corrected chi connectivity index (χ4v) is 2.71. The van der Waals surface area contributed by atoms with Crippen molar-refractivity contribution in [1.82, 2.24) is 15.1 Å². The van der Waals surface area contributed by atoms with Gasteiger partial charge in [0.1, 0.15) is 0 Å². The Morgan fingerprint density at radius 3 is 2.79 bits per heavy atom. The highest BCUT2D eigenvalue weighted by molar-refractivity contribution is 6.34. The molecule has 0 bridgehead atoms. The molecule has 6 nitrogen and oxygen atoms in total. The van der Waals surface area contributed by atoms with Gasteiger partial charge in [-0.1, -0.05) is 0 Å². The summed E-state index contributed by atoms with van der Waals surface area (Å²) in [6, 6.07) is 0.0153. The first-order valence-corrected chi connectivity index (χ1v) is 6.99. The van der Waals surface area contributed by atoms with E-state index in [-0.39, 0.29) is 18.1 Å². The van der Waals surface area contributed by atoms with Crippen molar-refractivity contribution >= 4 is 11.8 Å². The van der Waals surface area contributed by atoms with E-state index in [9.17, 15) is 9.59 Å². The molecule has 2 heterocycles. The molecular weight excluding hydrogens is 246 g/mol. The summed E-state index contributed by atoms with van der Waals surface area (Å²) in [5.41, 5.74) is 0. The molecule has 0 aromatic carbocycles. The van der Waals surface area contributed by atoms with Crippen molar-refractivity contribution in [2.24, 2.45) is 0 Å². The summed E-state index contributed by atoms with van der Waals surface area (Å²) in [5, 5.41) is 3.22. The second kappa shape index (κ2) is 6.34. The lowest BCUT2D eigenvalue weighted by molar-refractivity contribution is -0.152. The van der Waals surface area contributed by atoms with Crippen LogP contribution in [0.5, 0.6) is 0 Å². The third-order valence-electron chi connectivity index (χ3n) is 3.96. The predicted molar refractivity (Wildman–Crippen MR) is 70.7 cm³/mol. The third-order valence-corrected chi connectivity index (χ3v) is 3.96. The Hall–Kier alpha value is -1.14. The molecule has 108 valence electrons. The Bertz CT molecular complexity index is 340. The minimum Gasteiger partial charge on any atom is -0.376 e. The Morgan fingerprint density at radius 1 is 1.32 bits per heavy atom. The molecule has 0 aromatic rings. The summed E-state index contributed by atoms with van der Waals surface area (Å²) in [4.78, 5) is 27.7. The fourth-order valence-electron chi connectivity index (χ4n) is 2.71. The van der Waals surface area contributed by atoms with E-state index < -0.39 is 5.91 Å². The van der Waals surface area contributed by atoms with Crippen LogP contribution in [-0.4, -0.2) is 73.6 Å². The lowest BCUT2D eigenvalue weighted by Crippen LogP contribution is -2.49. The minimum atomic E-state index is -0.413. The average Bonchev–Trinajstić information content (AvgIpc) is 2.68. The lowest BCUT2D eigenvalue weighted by Gasteiger charge is -2.28. The fraction of sp³-hybridized carbons (Fsp3) is 0.846. The van der Waals surface area contributed by atoms with Gasteiger partial charge >= 0.3 is 11.8 Å².